The highest BCUT2D eigenvalue weighted by molar-refractivity contribution is 7.90. The minimum Gasteiger partial charge on any atom is -0.373 e. The number of ether oxygens (including phenoxy) is 1. The Bertz CT molecular complexity index is 398. The Morgan fingerprint density at radius 2 is 2.00 bits per heavy atom. The van der Waals surface area contributed by atoms with Crippen molar-refractivity contribution in [2.45, 2.75) is 43.5 Å². The molecule has 2 aliphatic rings. The fraction of sp³-hybridized carbons (Fsp3) is 1.00. The van der Waals surface area contributed by atoms with E-state index in [1.807, 2.05) is 0 Å². The lowest BCUT2D eigenvalue weighted by Gasteiger charge is -2.11. The van der Waals surface area contributed by atoms with E-state index in [1.165, 1.54) is 0 Å². The van der Waals surface area contributed by atoms with Crippen LogP contribution in [-0.2, 0) is 14.8 Å². The predicted molar refractivity (Wildman–Crippen MR) is 58.2 cm³/mol. The van der Waals surface area contributed by atoms with E-state index >= 15 is 0 Å². The van der Waals surface area contributed by atoms with Gasteiger partial charge >= 0.3 is 0 Å². The molecule has 0 N–H and O–H groups in total. The Labute approximate surface area is 94.7 Å². The van der Waals surface area contributed by atoms with Crippen LogP contribution < -0.4 is 0 Å². The molecule has 7 heteroatoms. The van der Waals surface area contributed by atoms with Crippen LogP contribution in [0.1, 0.15) is 32.1 Å². The van der Waals surface area contributed by atoms with Crippen LogP contribution in [0, 0.1) is 5.92 Å². The first-order valence-corrected chi connectivity index (χ1v) is 7.05. The largest absolute Gasteiger partial charge is 0.373 e. The Balaban J connectivity index is 2.00. The topological polar surface area (TPSA) is 95.4 Å². The van der Waals surface area contributed by atoms with Crippen LogP contribution in [0.15, 0.2) is 4.52 Å². The second-order valence-electron chi connectivity index (χ2n) is 4.45. The molecule has 0 aromatic rings. The molecular weight excluding hydrogens is 230 g/mol. The van der Waals surface area contributed by atoms with Crippen molar-refractivity contribution in [2.75, 3.05) is 6.61 Å². The molecule has 3 atom stereocenters. The summed E-state index contributed by atoms with van der Waals surface area (Å²) in [6, 6.07) is 0. The maximum Gasteiger partial charge on any atom is 0.238 e. The summed E-state index contributed by atoms with van der Waals surface area (Å²) in [7, 11) is -3.62. The first kappa shape index (κ1) is 11.7. The van der Waals surface area contributed by atoms with E-state index < -0.39 is 15.3 Å². The summed E-state index contributed by atoms with van der Waals surface area (Å²) < 4.78 is 31.3. The third kappa shape index (κ3) is 2.66. The summed E-state index contributed by atoms with van der Waals surface area (Å²) >= 11 is 0. The average molecular weight is 245 g/mol. The fourth-order valence-corrected chi connectivity index (χ4v) is 3.54. The molecular formula is C9H15N3O3S. The minimum absolute atomic E-state index is 0.348. The number of nitrogens with zero attached hydrogens (tertiary/aromatic N) is 3. The molecule has 0 amide bonds. The van der Waals surface area contributed by atoms with Gasteiger partial charge in [-0.1, -0.05) is 6.42 Å². The van der Waals surface area contributed by atoms with Crippen LogP contribution in [-0.4, -0.2) is 26.4 Å². The van der Waals surface area contributed by atoms with E-state index in [1.54, 1.807) is 0 Å². The number of hydrogen-bond acceptors (Lipinski definition) is 3. The van der Waals surface area contributed by atoms with Crippen molar-refractivity contribution in [1.29, 1.82) is 0 Å². The molecule has 0 bridgehead atoms. The highest BCUT2D eigenvalue weighted by atomic mass is 32.2. The summed E-state index contributed by atoms with van der Waals surface area (Å²) in [6.07, 6.45) is 4.29. The molecule has 0 spiro atoms. The van der Waals surface area contributed by atoms with Gasteiger partial charge in [0.05, 0.1) is 18.0 Å². The van der Waals surface area contributed by atoms with E-state index in [4.69, 9.17) is 10.3 Å². The van der Waals surface area contributed by atoms with Crippen molar-refractivity contribution < 1.29 is 13.2 Å². The van der Waals surface area contributed by atoms with Crippen molar-refractivity contribution in [2.24, 2.45) is 10.4 Å². The van der Waals surface area contributed by atoms with Crippen molar-refractivity contribution in [3.8, 4) is 0 Å². The van der Waals surface area contributed by atoms with Gasteiger partial charge in [-0.05, 0) is 37.1 Å². The first-order valence-electron chi connectivity index (χ1n) is 5.55. The number of rotatable bonds is 3. The maximum atomic E-state index is 11.6. The average Bonchev–Trinajstić information content (AvgIpc) is 3.04. The molecule has 0 radical (unpaired) electrons. The Hall–Kier alpha value is -0.780. The molecule has 2 fully saturated rings. The highest BCUT2D eigenvalue weighted by Crippen LogP contribution is 2.34. The molecule has 0 aromatic heterocycles. The minimum atomic E-state index is -3.62. The van der Waals surface area contributed by atoms with E-state index in [-0.39, 0.29) is 0 Å². The van der Waals surface area contributed by atoms with Crippen LogP contribution in [0.5, 0.6) is 0 Å². The van der Waals surface area contributed by atoms with Crippen LogP contribution in [0.3, 0.4) is 0 Å². The molecule has 3 unspecified atom stereocenters. The second kappa shape index (κ2) is 4.61. The Morgan fingerprint density at radius 1 is 1.25 bits per heavy atom. The van der Waals surface area contributed by atoms with Gasteiger partial charge in [0, 0.05) is 9.43 Å². The van der Waals surface area contributed by atoms with Crippen LogP contribution in [0.25, 0.3) is 10.4 Å². The summed E-state index contributed by atoms with van der Waals surface area (Å²) in [5.41, 5.74) is 8.21. The monoisotopic (exact) mass is 245 g/mol. The Kier molecular flexibility index (Phi) is 3.37. The summed E-state index contributed by atoms with van der Waals surface area (Å²) in [5, 5.41) is -0.493. The summed E-state index contributed by atoms with van der Waals surface area (Å²) in [5.74, 6) is 0.492. The first-order chi connectivity index (χ1) is 7.63. The van der Waals surface area contributed by atoms with Crippen molar-refractivity contribution in [3.05, 3.63) is 10.4 Å². The summed E-state index contributed by atoms with van der Waals surface area (Å²) in [4.78, 5) is 2.39. The second-order valence-corrected chi connectivity index (χ2v) is 6.31. The lowest BCUT2D eigenvalue weighted by Crippen LogP contribution is -2.18. The van der Waals surface area contributed by atoms with Gasteiger partial charge in [-0.2, -0.15) is 0 Å². The standard InChI is InChI=1S/C9H15N3O3S/c10-11-12-16(13,14)8-3-1-2-7(4-5-8)9-6-15-9/h7-9H,1-6H2. The molecule has 1 aliphatic carbocycles. The molecule has 1 saturated heterocycles. The third-order valence-corrected chi connectivity index (χ3v) is 5.03. The maximum absolute atomic E-state index is 11.6. The molecule has 16 heavy (non-hydrogen) atoms. The normalized spacial score (nSPS) is 34.9. The van der Waals surface area contributed by atoms with Gasteiger partial charge in [-0.15, -0.1) is 0 Å². The number of hydrogen-bond donors (Lipinski definition) is 0. The molecule has 2 rings (SSSR count). The van der Waals surface area contributed by atoms with Crippen LogP contribution in [0.4, 0.5) is 0 Å². The van der Waals surface area contributed by atoms with Gasteiger partial charge in [0.2, 0.25) is 10.0 Å². The van der Waals surface area contributed by atoms with Gasteiger partial charge in [0.25, 0.3) is 0 Å². The zero-order valence-electron chi connectivity index (χ0n) is 8.95. The molecule has 0 aromatic carbocycles. The van der Waals surface area contributed by atoms with Gasteiger partial charge in [0.15, 0.2) is 0 Å². The van der Waals surface area contributed by atoms with Crippen molar-refractivity contribution in [1.82, 2.24) is 0 Å². The zero-order chi connectivity index (χ0) is 11.6. The molecule has 1 saturated carbocycles. The summed E-state index contributed by atoms with van der Waals surface area (Å²) in [6.45, 7) is 0.818. The number of epoxide rings is 1. The van der Waals surface area contributed by atoms with E-state index in [9.17, 15) is 8.42 Å². The molecule has 6 nitrogen and oxygen atoms in total. The molecule has 1 heterocycles. The van der Waals surface area contributed by atoms with Crippen molar-refractivity contribution >= 4 is 10.0 Å². The smallest absolute Gasteiger partial charge is 0.238 e. The van der Waals surface area contributed by atoms with Gasteiger partial charge < -0.3 is 4.74 Å². The fourth-order valence-electron chi connectivity index (χ4n) is 2.41. The quantitative estimate of drug-likeness (QED) is 0.250. The Morgan fingerprint density at radius 3 is 2.62 bits per heavy atom. The lowest BCUT2D eigenvalue weighted by molar-refractivity contribution is 0.305. The van der Waals surface area contributed by atoms with Gasteiger partial charge in [-0.3, -0.25) is 0 Å². The van der Waals surface area contributed by atoms with E-state index in [0.29, 0.717) is 24.9 Å². The number of sulfonamides is 1. The third-order valence-electron chi connectivity index (χ3n) is 3.42. The van der Waals surface area contributed by atoms with E-state index in [0.717, 1.165) is 25.9 Å². The predicted octanol–water partition coefficient (Wildman–Crippen LogP) is 1.97. The van der Waals surface area contributed by atoms with Gasteiger partial charge in [0.1, 0.15) is 0 Å². The van der Waals surface area contributed by atoms with Crippen LogP contribution in [0.2, 0.25) is 0 Å². The molecule has 1 aliphatic heterocycles. The lowest BCUT2D eigenvalue weighted by atomic mass is 9.97. The van der Waals surface area contributed by atoms with E-state index in [2.05, 4.69) is 9.43 Å². The van der Waals surface area contributed by atoms with Gasteiger partial charge in [-0.25, -0.2) is 8.42 Å². The van der Waals surface area contributed by atoms with Crippen LogP contribution >= 0.6 is 0 Å². The number of azide groups is 1. The molecule has 90 valence electrons. The SMILES string of the molecule is [N-]=[N+]=NS(=O)(=O)C1CCCC(C2CO2)CC1. The van der Waals surface area contributed by atoms with Crippen molar-refractivity contribution in [3.63, 3.8) is 0 Å². The zero-order valence-corrected chi connectivity index (χ0v) is 9.77. The highest BCUT2D eigenvalue weighted by Gasteiger charge is 2.36.